The van der Waals surface area contributed by atoms with E-state index in [2.05, 4.69) is 0 Å². The average Bonchev–Trinajstić information content (AvgIpc) is 2.50. The second-order valence-electron chi connectivity index (χ2n) is 4.62. The molecule has 3 aliphatic carbocycles. The van der Waals surface area contributed by atoms with Gasteiger partial charge in [-0.25, -0.2) is 0 Å². The highest BCUT2D eigenvalue weighted by Gasteiger charge is 2.54. The first kappa shape index (κ1) is 7.80. The van der Waals surface area contributed by atoms with Crippen LogP contribution in [0.4, 0.5) is 0 Å². The molecule has 0 amide bonds. The Labute approximate surface area is 77.1 Å². The van der Waals surface area contributed by atoms with Crippen LogP contribution in [0.5, 0.6) is 0 Å². The molecule has 0 radical (unpaired) electrons. The molecular weight excluding hydrogens is 168 g/mol. The molecule has 1 heterocycles. The van der Waals surface area contributed by atoms with Crippen LogP contribution in [0.3, 0.4) is 0 Å². The first-order chi connectivity index (χ1) is 6.27. The van der Waals surface area contributed by atoms with Crippen LogP contribution in [0, 0.1) is 23.7 Å². The Morgan fingerprint density at radius 2 is 2.15 bits per heavy atom. The molecule has 0 aromatic heterocycles. The van der Waals surface area contributed by atoms with E-state index in [9.17, 15) is 9.90 Å². The van der Waals surface area contributed by atoms with Gasteiger partial charge in [0.15, 0.2) is 0 Å². The summed E-state index contributed by atoms with van der Waals surface area (Å²) >= 11 is 0. The van der Waals surface area contributed by atoms with E-state index in [4.69, 9.17) is 4.74 Å². The molecule has 72 valence electrons. The third-order valence-corrected chi connectivity index (χ3v) is 4.12. The molecule has 1 N–H and O–H groups in total. The number of aliphatic hydroxyl groups excluding tert-OH is 1. The number of cyclic esters (lactones) is 1. The summed E-state index contributed by atoms with van der Waals surface area (Å²) in [6.07, 6.45) is 2.84. The van der Waals surface area contributed by atoms with E-state index < -0.39 is 0 Å². The monoisotopic (exact) mass is 182 g/mol. The molecule has 1 saturated heterocycles. The summed E-state index contributed by atoms with van der Waals surface area (Å²) in [4.78, 5) is 11.4. The lowest BCUT2D eigenvalue weighted by Crippen LogP contribution is -2.48. The minimum absolute atomic E-state index is 0.00778. The van der Waals surface area contributed by atoms with Gasteiger partial charge in [-0.05, 0) is 31.1 Å². The number of aliphatic hydroxyl groups is 1. The first-order valence-corrected chi connectivity index (χ1v) is 5.12. The normalized spacial score (nSPS) is 53.3. The highest BCUT2D eigenvalue weighted by molar-refractivity contribution is 5.75. The van der Waals surface area contributed by atoms with Crippen LogP contribution in [0.1, 0.15) is 19.3 Å². The Hall–Kier alpha value is -0.570. The second-order valence-corrected chi connectivity index (χ2v) is 4.62. The number of esters is 1. The van der Waals surface area contributed by atoms with Gasteiger partial charge in [0.05, 0.1) is 18.6 Å². The van der Waals surface area contributed by atoms with Crippen molar-refractivity contribution in [3.8, 4) is 0 Å². The molecule has 5 atom stereocenters. The van der Waals surface area contributed by atoms with Gasteiger partial charge in [0.1, 0.15) is 0 Å². The van der Waals surface area contributed by atoms with Crippen molar-refractivity contribution >= 4 is 5.97 Å². The van der Waals surface area contributed by atoms with E-state index >= 15 is 0 Å². The zero-order valence-electron chi connectivity index (χ0n) is 7.48. The van der Waals surface area contributed by atoms with E-state index in [0.29, 0.717) is 24.4 Å². The highest BCUT2D eigenvalue weighted by atomic mass is 16.5. The molecule has 5 unspecified atom stereocenters. The summed E-state index contributed by atoms with van der Waals surface area (Å²) in [7, 11) is 0. The predicted octanol–water partition coefficient (Wildman–Crippen LogP) is 0.566. The maximum atomic E-state index is 11.4. The van der Waals surface area contributed by atoms with Crippen LogP contribution in [0.25, 0.3) is 0 Å². The maximum Gasteiger partial charge on any atom is 0.309 e. The fourth-order valence-electron chi connectivity index (χ4n) is 3.51. The Kier molecular flexibility index (Phi) is 1.48. The van der Waals surface area contributed by atoms with E-state index in [1.807, 2.05) is 0 Å². The Morgan fingerprint density at radius 3 is 2.92 bits per heavy atom. The zero-order chi connectivity index (χ0) is 9.00. The second kappa shape index (κ2) is 2.47. The number of ether oxygens (including phenoxy) is 1. The molecule has 3 nitrogen and oxygen atoms in total. The summed E-state index contributed by atoms with van der Waals surface area (Å²) in [6.45, 7) is 0.557. The van der Waals surface area contributed by atoms with Gasteiger partial charge < -0.3 is 9.84 Å². The van der Waals surface area contributed by atoms with Crippen molar-refractivity contribution < 1.29 is 14.6 Å². The van der Waals surface area contributed by atoms with Crippen LogP contribution in [-0.4, -0.2) is 23.8 Å². The molecule has 4 fully saturated rings. The van der Waals surface area contributed by atoms with Crippen LogP contribution < -0.4 is 0 Å². The van der Waals surface area contributed by atoms with Crippen LogP contribution in [0.2, 0.25) is 0 Å². The fourth-order valence-corrected chi connectivity index (χ4v) is 3.51. The predicted molar refractivity (Wildman–Crippen MR) is 44.8 cm³/mol. The van der Waals surface area contributed by atoms with Crippen LogP contribution in [-0.2, 0) is 9.53 Å². The Bertz CT molecular complexity index is 251. The molecule has 13 heavy (non-hydrogen) atoms. The molecule has 0 spiro atoms. The number of carbonyl (C=O) groups is 1. The van der Waals surface area contributed by atoms with Crippen molar-refractivity contribution in [2.75, 3.05) is 6.61 Å². The molecule has 4 rings (SSSR count). The molecule has 3 saturated carbocycles. The van der Waals surface area contributed by atoms with Gasteiger partial charge in [-0.15, -0.1) is 0 Å². The van der Waals surface area contributed by atoms with Gasteiger partial charge >= 0.3 is 5.97 Å². The molecule has 0 aromatic rings. The first-order valence-electron chi connectivity index (χ1n) is 5.12. The average molecular weight is 182 g/mol. The largest absolute Gasteiger partial charge is 0.465 e. The topological polar surface area (TPSA) is 46.5 Å². The lowest BCUT2D eigenvalue weighted by atomic mass is 9.58. The van der Waals surface area contributed by atoms with Crippen molar-refractivity contribution in [2.45, 2.75) is 25.4 Å². The van der Waals surface area contributed by atoms with Crippen molar-refractivity contribution in [1.29, 1.82) is 0 Å². The summed E-state index contributed by atoms with van der Waals surface area (Å²) in [5.74, 6) is 1.19. The smallest absolute Gasteiger partial charge is 0.309 e. The molecule has 0 aromatic carbocycles. The minimum atomic E-state index is -0.172. The van der Waals surface area contributed by atoms with E-state index in [1.165, 1.54) is 0 Å². The van der Waals surface area contributed by atoms with Crippen LogP contribution >= 0.6 is 0 Å². The number of carbonyl (C=O) groups excluding carboxylic acids is 1. The number of rotatable bonds is 0. The summed E-state index contributed by atoms with van der Waals surface area (Å²) < 4.78 is 5.08. The fraction of sp³-hybridized carbons (Fsp3) is 0.900. The van der Waals surface area contributed by atoms with E-state index in [0.717, 1.165) is 19.3 Å². The molecule has 3 heteroatoms. The van der Waals surface area contributed by atoms with Gasteiger partial charge in [-0.3, -0.25) is 4.79 Å². The highest BCUT2D eigenvalue weighted by Crippen LogP contribution is 2.51. The molecular formula is C10H14O3. The SMILES string of the molecule is O=C1OCC2C3CCC(CC3O)C12. The van der Waals surface area contributed by atoms with E-state index in [1.54, 1.807) is 0 Å². The van der Waals surface area contributed by atoms with Gasteiger partial charge in [0.2, 0.25) is 0 Å². The van der Waals surface area contributed by atoms with Crippen molar-refractivity contribution in [3.05, 3.63) is 0 Å². The number of fused-ring (bicyclic) bond motifs is 2. The van der Waals surface area contributed by atoms with Gasteiger partial charge in [0, 0.05) is 5.92 Å². The molecule has 2 bridgehead atoms. The van der Waals surface area contributed by atoms with Gasteiger partial charge in [0.25, 0.3) is 0 Å². The van der Waals surface area contributed by atoms with Crippen LogP contribution in [0.15, 0.2) is 0 Å². The molecule has 1 aliphatic heterocycles. The Balaban J connectivity index is 1.94. The number of hydrogen-bond donors (Lipinski definition) is 1. The molecule has 4 aliphatic rings. The minimum Gasteiger partial charge on any atom is -0.465 e. The summed E-state index contributed by atoms with van der Waals surface area (Å²) in [5, 5.41) is 9.77. The van der Waals surface area contributed by atoms with Gasteiger partial charge in [-0.1, -0.05) is 0 Å². The van der Waals surface area contributed by atoms with Crippen molar-refractivity contribution in [2.24, 2.45) is 23.7 Å². The third kappa shape index (κ3) is 0.909. The summed E-state index contributed by atoms with van der Waals surface area (Å²) in [6, 6.07) is 0. The van der Waals surface area contributed by atoms with E-state index in [-0.39, 0.29) is 18.0 Å². The zero-order valence-corrected chi connectivity index (χ0v) is 7.48. The summed E-state index contributed by atoms with van der Waals surface area (Å²) in [5.41, 5.74) is 0. The quantitative estimate of drug-likeness (QED) is 0.557. The van der Waals surface area contributed by atoms with Crippen molar-refractivity contribution in [1.82, 2.24) is 0 Å². The van der Waals surface area contributed by atoms with Crippen molar-refractivity contribution in [3.63, 3.8) is 0 Å². The standard InChI is InChI=1S/C10H14O3/c11-8-3-5-1-2-6(8)7-4-13-10(12)9(5)7/h5-9,11H,1-4H2. The third-order valence-electron chi connectivity index (χ3n) is 4.12. The lowest BCUT2D eigenvalue weighted by molar-refractivity contribution is -0.145. The maximum absolute atomic E-state index is 11.4. The van der Waals surface area contributed by atoms with Gasteiger partial charge in [-0.2, -0.15) is 0 Å². The Morgan fingerprint density at radius 1 is 1.31 bits per heavy atom. The number of hydrogen-bond acceptors (Lipinski definition) is 3. The lowest BCUT2D eigenvalue weighted by Gasteiger charge is -2.45.